The zero-order chi connectivity index (χ0) is 14.1. The highest BCUT2D eigenvalue weighted by atomic mass is 32.1. The van der Waals surface area contributed by atoms with Gasteiger partial charge in [0.15, 0.2) is 0 Å². The van der Waals surface area contributed by atoms with Crippen LogP contribution in [0.1, 0.15) is 35.4 Å². The molecule has 0 unspecified atom stereocenters. The fourth-order valence-electron chi connectivity index (χ4n) is 2.45. The third-order valence-electron chi connectivity index (χ3n) is 3.73. The fraction of sp³-hybridized carbons (Fsp3) is 0.400. The number of hydrogen-bond acceptors (Lipinski definition) is 4. The lowest BCUT2D eigenvalue weighted by atomic mass is 10.1. The van der Waals surface area contributed by atoms with Crippen LogP contribution < -0.4 is 11.1 Å². The third kappa shape index (κ3) is 2.77. The molecule has 0 amide bonds. The smallest absolute Gasteiger partial charge is 0.142 e. The Morgan fingerprint density at radius 1 is 1.45 bits per heavy atom. The lowest BCUT2D eigenvalue weighted by Gasteiger charge is -2.08. The van der Waals surface area contributed by atoms with Crippen molar-refractivity contribution in [1.29, 1.82) is 0 Å². The van der Waals surface area contributed by atoms with Crippen LogP contribution in [0.4, 0.5) is 15.2 Å². The van der Waals surface area contributed by atoms with Gasteiger partial charge in [-0.15, -0.1) is 0 Å². The molecular weight excluding hydrogens is 273 g/mol. The van der Waals surface area contributed by atoms with Crippen molar-refractivity contribution in [1.82, 2.24) is 4.37 Å². The minimum Gasteiger partial charge on any atom is -0.383 e. The maximum atomic E-state index is 13.0. The molecule has 0 saturated heterocycles. The second-order valence-corrected chi connectivity index (χ2v) is 6.11. The van der Waals surface area contributed by atoms with Gasteiger partial charge in [0, 0.05) is 12.1 Å². The van der Waals surface area contributed by atoms with Crippen molar-refractivity contribution in [3.63, 3.8) is 0 Å². The van der Waals surface area contributed by atoms with Gasteiger partial charge in [0.25, 0.3) is 0 Å². The lowest BCUT2D eigenvalue weighted by molar-refractivity contribution is 0.625. The minimum atomic E-state index is -0.176. The summed E-state index contributed by atoms with van der Waals surface area (Å²) < 4.78 is 17.3. The Labute approximate surface area is 122 Å². The second kappa shape index (κ2) is 5.40. The summed E-state index contributed by atoms with van der Waals surface area (Å²) in [5, 5.41) is 4.53. The van der Waals surface area contributed by atoms with E-state index in [-0.39, 0.29) is 5.82 Å². The predicted octanol–water partition coefficient (Wildman–Crippen LogP) is 3.70. The molecule has 0 atom stereocenters. The summed E-state index contributed by atoms with van der Waals surface area (Å²) >= 11 is 1.44. The van der Waals surface area contributed by atoms with E-state index >= 15 is 0 Å². The van der Waals surface area contributed by atoms with Crippen LogP contribution >= 0.6 is 11.5 Å². The summed E-state index contributed by atoms with van der Waals surface area (Å²) in [4.78, 5) is 0. The van der Waals surface area contributed by atoms with Gasteiger partial charge >= 0.3 is 0 Å². The average Bonchev–Trinajstić information content (AvgIpc) is 3.17. The number of halogens is 1. The van der Waals surface area contributed by atoms with E-state index < -0.39 is 0 Å². The van der Waals surface area contributed by atoms with E-state index in [1.807, 2.05) is 13.0 Å². The molecule has 1 aliphatic carbocycles. The number of anilines is 2. The van der Waals surface area contributed by atoms with E-state index in [1.54, 1.807) is 6.07 Å². The van der Waals surface area contributed by atoms with Gasteiger partial charge in [-0.05, 0) is 66.9 Å². The molecule has 1 aliphatic rings. The van der Waals surface area contributed by atoms with Gasteiger partial charge in [-0.1, -0.05) is 6.07 Å². The molecule has 1 saturated carbocycles. The van der Waals surface area contributed by atoms with Crippen LogP contribution in [-0.2, 0) is 6.42 Å². The second-order valence-electron chi connectivity index (χ2n) is 5.33. The summed E-state index contributed by atoms with van der Waals surface area (Å²) in [7, 11) is 0. The van der Waals surface area contributed by atoms with Crippen LogP contribution in [0.25, 0.3) is 0 Å². The van der Waals surface area contributed by atoms with Crippen LogP contribution in [0.5, 0.6) is 0 Å². The molecule has 3 nitrogen and oxygen atoms in total. The fourth-order valence-corrected chi connectivity index (χ4v) is 3.28. The molecule has 5 heteroatoms. The number of aryl methyl sites for hydroxylation is 1. The number of hydrogen-bond donors (Lipinski definition) is 2. The van der Waals surface area contributed by atoms with E-state index in [1.165, 1.54) is 41.6 Å². The number of nitrogens with two attached hydrogens (primary N) is 1. The van der Waals surface area contributed by atoms with E-state index in [0.29, 0.717) is 11.7 Å². The molecule has 0 radical (unpaired) electrons. The van der Waals surface area contributed by atoms with E-state index in [2.05, 4.69) is 9.69 Å². The number of benzene rings is 1. The number of nitrogen functional groups attached to an aromatic ring is 1. The Balaban J connectivity index is 1.62. The zero-order valence-corrected chi connectivity index (χ0v) is 12.3. The Hall–Kier alpha value is -1.62. The van der Waals surface area contributed by atoms with Crippen LogP contribution in [0.2, 0.25) is 0 Å². The normalized spacial score (nSPS) is 14.5. The van der Waals surface area contributed by atoms with Crippen molar-refractivity contribution in [2.24, 2.45) is 0 Å². The third-order valence-corrected chi connectivity index (χ3v) is 4.56. The number of nitrogens with zero attached hydrogens (tertiary/aromatic N) is 1. The van der Waals surface area contributed by atoms with Crippen molar-refractivity contribution in [3.8, 4) is 0 Å². The molecule has 3 N–H and O–H groups in total. The highest BCUT2D eigenvalue weighted by Crippen LogP contribution is 2.47. The summed E-state index contributed by atoms with van der Waals surface area (Å²) in [5.41, 5.74) is 9.29. The Bertz CT molecular complexity index is 620. The van der Waals surface area contributed by atoms with Gasteiger partial charge in [0.2, 0.25) is 0 Å². The van der Waals surface area contributed by atoms with Crippen LogP contribution in [0.3, 0.4) is 0 Å². The molecule has 1 fully saturated rings. The van der Waals surface area contributed by atoms with Crippen molar-refractivity contribution in [3.05, 3.63) is 40.7 Å². The van der Waals surface area contributed by atoms with Crippen LogP contribution in [-0.4, -0.2) is 10.9 Å². The number of rotatable bonds is 5. The summed E-state index contributed by atoms with van der Waals surface area (Å²) in [6, 6.07) is 4.95. The van der Waals surface area contributed by atoms with Crippen LogP contribution in [0, 0.1) is 12.7 Å². The summed E-state index contributed by atoms with van der Waals surface area (Å²) in [6.07, 6.45) is 3.30. The minimum absolute atomic E-state index is 0.176. The Kier molecular flexibility index (Phi) is 3.61. The van der Waals surface area contributed by atoms with Gasteiger partial charge < -0.3 is 11.1 Å². The Morgan fingerprint density at radius 3 is 2.95 bits per heavy atom. The van der Waals surface area contributed by atoms with Crippen molar-refractivity contribution in [2.75, 3.05) is 17.6 Å². The molecule has 2 aromatic rings. The quantitative estimate of drug-likeness (QED) is 0.883. The first-order chi connectivity index (χ1) is 9.65. The van der Waals surface area contributed by atoms with Gasteiger partial charge in [-0.2, -0.15) is 4.37 Å². The first-order valence-corrected chi connectivity index (χ1v) is 7.66. The van der Waals surface area contributed by atoms with Crippen molar-refractivity contribution < 1.29 is 4.39 Å². The Morgan fingerprint density at radius 2 is 2.25 bits per heavy atom. The van der Waals surface area contributed by atoms with Crippen molar-refractivity contribution in [2.45, 2.75) is 32.1 Å². The van der Waals surface area contributed by atoms with Gasteiger partial charge in [-0.25, -0.2) is 4.39 Å². The monoisotopic (exact) mass is 291 g/mol. The van der Waals surface area contributed by atoms with Gasteiger partial charge in [0.05, 0.1) is 0 Å². The lowest BCUT2D eigenvalue weighted by Crippen LogP contribution is -2.06. The first-order valence-electron chi connectivity index (χ1n) is 6.89. The first kappa shape index (κ1) is 13.4. The average molecular weight is 291 g/mol. The van der Waals surface area contributed by atoms with E-state index in [4.69, 9.17) is 5.73 Å². The van der Waals surface area contributed by atoms with E-state index in [9.17, 15) is 4.39 Å². The highest BCUT2D eigenvalue weighted by Gasteiger charge is 2.30. The molecule has 0 spiro atoms. The van der Waals surface area contributed by atoms with Gasteiger partial charge in [0.1, 0.15) is 16.6 Å². The standard InChI is InChI=1S/C15H18FN3S/c1-9-8-12(16)5-4-10(9)6-7-18-15-13(11-2-3-11)14(17)19-20-15/h4-5,8,11,18H,2-3,6-7H2,1H3,(H2,17,19). The van der Waals surface area contributed by atoms with E-state index in [0.717, 1.165) is 23.5 Å². The molecular formula is C15H18FN3S. The molecule has 1 heterocycles. The largest absolute Gasteiger partial charge is 0.383 e. The predicted molar refractivity (Wildman–Crippen MR) is 81.8 cm³/mol. The summed E-state index contributed by atoms with van der Waals surface area (Å²) in [6.45, 7) is 2.76. The zero-order valence-electron chi connectivity index (χ0n) is 11.4. The molecule has 106 valence electrons. The number of aromatic nitrogens is 1. The molecule has 0 bridgehead atoms. The van der Waals surface area contributed by atoms with Crippen LogP contribution in [0.15, 0.2) is 18.2 Å². The highest BCUT2D eigenvalue weighted by molar-refractivity contribution is 7.10. The molecule has 0 aliphatic heterocycles. The van der Waals surface area contributed by atoms with Crippen molar-refractivity contribution >= 4 is 22.4 Å². The molecule has 1 aromatic carbocycles. The molecule has 1 aromatic heterocycles. The van der Waals surface area contributed by atoms with Gasteiger partial charge in [-0.3, -0.25) is 0 Å². The molecule has 3 rings (SSSR count). The maximum Gasteiger partial charge on any atom is 0.142 e. The molecule has 20 heavy (non-hydrogen) atoms. The topological polar surface area (TPSA) is 50.9 Å². The summed E-state index contributed by atoms with van der Waals surface area (Å²) in [5.74, 6) is 1.10. The number of nitrogens with one attached hydrogen (secondary N) is 1. The maximum absolute atomic E-state index is 13.0. The SMILES string of the molecule is Cc1cc(F)ccc1CCNc1snc(N)c1C1CC1.